The number of nitrogens with one attached hydrogen (secondary N) is 1. The fourth-order valence-corrected chi connectivity index (χ4v) is 5.53. The summed E-state index contributed by atoms with van der Waals surface area (Å²) in [5.41, 5.74) is -0.227. The van der Waals surface area contributed by atoms with Crippen molar-refractivity contribution < 1.29 is 23.8 Å². The van der Waals surface area contributed by atoms with E-state index in [4.69, 9.17) is 14.2 Å². The van der Waals surface area contributed by atoms with Gasteiger partial charge in [-0.05, 0) is 25.6 Å². The number of rotatable bonds is 3. The van der Waals surface area contributed by atoms with Crippen molar-refractivity contribution in [1.82, 2.24) is 4.90 Å². The van der Waals surface area contributed by atoms with Crippen molar-refractivity contribution >= 4 is 17.6 Å². The molecule has 2 saturated heterocycles. The molecule has 0 aliphatic carbocycles. The molecule has 0 aromatic heterocycles. The first kappa shape index (κ1) is 18.0. The molecule has 0 saturated carbocycles. The topological polar surface area (TPSA) is 77.1 Å². The maximum Gasteiger partial charge on any atom is 0.333 e. The van der Waals surface area contributed by atoms with Crippen LogP contribution in [0.1, 0.15) is 23.7 Å². The first-order valence-corrected chi connectivity index (χ1v) is 9.56. The van der Waals surface area contributed by atoms with Gasteiger partial charge in [0.05, 0.1) is 14.2 Å². The Kier molecular flexibility index (Phi) is 3.70. The third-order valence-corrected chi connectivity index (χ3v) is 6.71. The minimum atomic E-state index is -1.18. The lowest BCUT2D eigenvalue weighted by atomic mass is 9.61. The molecule has 0 radical (unpaired) electrons. The maximum absolute atomic E-state index is 13.6. The summed E-state index contributed by atoms with van der Waals surface area (Å²) in [6.45, 7) is 0.597. The summed E-state index contributed by atoms with van der Waals surface area (Å²) < 4.78 is 17.0. The molecule has 7 nitrogen and oxygen atoms in total. The lowest BCUT2D eigenvalue weighted by Gasteiger charge is -2.45. The number of cyclic esters (lactones) is 1. The fraction of sp³-hybridized carbons (Fsp3) is 0.364. The molecule has 150 valence electrons. The Bertz CT molecular complexity index is 1040. The van der Waals surface area contributed by atoms with E-state index in [9.17, 15) is 9.59 Å². The Labute approximate surface area is 168 Å². The normalized spacial score (nSPS) is 30.1. The summed E-state index contributed by atoms with van der Waals surface area (Å²) >= 11 is 0. The lowest BCUT2D eigenvalue weighted by molar-refractivity contribution is -0.150. The third kappa shape index (κ3) is 1.91. The van der Waals surface area contributed by atoms with Gasteiger partial charge in [0, 0.05) is 23.4 Å². The SMILES string of the molecule is COc1cccc([C@@H]2OC(=O)[C@@]34c5ccccc5NC(=O)[C@@]23CCN4C)c1OC. The summed E-state index contributed by atoms with van der Waals surface area (Å²) in [6, 6.07) is 12.9. The second-order valence-electron chi connectivity index (χ2n) is 7.72. The first-order valence-electron chi connectivity index (χ1n) is 9.56. The largest absolute Gasteiger partial charge is 0.493 e. The van der Waals surface area contributed by atoms with Crippen LogP contribution in [0.3, 0.4) is 0 Å². The van der Waals surface area contributed by atoms with Crippen LogP contribution in [-0.4, -0.2) is 44.6 Å². The molecule has 2 aromatic rings. The number of likely N-dealkylation sites (N-methyl/N-ethyl adjacent to an activating group) is 1. The second-order valence-corrected chi connectivity index (χ2v) is 7.72. The molecule has 3 heterocycles. The molecule has 2 aromatic carbocycles. The summed E-state index contributed by atoms with van der Waals surface area (Å²) in [6.07, 6.45) is -0.307. The summed E-state index contributed by atoms with van der Waals surface area (Å²) in [4.78, 5) is 29.1. The predicted molar refractivity (Wildman–Crippen MR) is 105 cm³/mol. The van der Waals surface area contributed by atoms with Crippen LogP contribution in [0.25, 0.3) is 0 Å². The van der Waals surface area contributed by atoms with E-state index in [1.54, 1.807) is 20.3 Å². The number of hydrogen-bond acceptors (Lipinski definition) is 6. The van der Waals surface area contributed by atoms with Gasteiger partial charge < -0.3 is 19.5 Å². The molecule has 1 amide bonds. The van der Waals surface area contributed by atoms with Gasteiger partial charge >= 0.3 is 5.97 Å². The van der Waals surface area contributed by atoms with Crippen molar-refractivity contribution in [3.8, 4) is 11.5 Å². The van der Waals surface area contributed by atoms with E-state index in [1.807, 2.05) is 48.3 Å². The average Bonchev–Trinajstić information content (AvgIpc) is 3.21. The molecule has 2 fully saturated rings. The zero-order valence-corrected chi connectivity index (χ0v) is 16.5. The molecule has 3 aliphatic rings. The fourth-order valence-electron chi connectivity index (χ4n) is 5.53. The van der Waals surface area contributed by atoms with Gasteiger partial charge in [-0.1, -0.05) is 30.3 Å². The van der Waals surface area contributed by atoms with Crippen LogP contribution in [0.2, 0.25) is 0 Å². The number of carbonyl (C=O) groups excluding carboxylic acids is 2. The highest BCUT2D eigenvalue weighted by atomic mass is 16.6. The molecule has 0 spiro atoms. The molecule has 1 N–H and O–H groups in total. The van der Waals surface area contributed by atoms with E-state index in [1.165, 1.54) is 0 Å². The van der Waals surface area contributed by atoms with Crippen molar-refractivity contribution in [2.24, 2.45) is 5.41 Å². The second kappa shape index (κ2) is 5.97. The number of anilines is 1. The number of likely N-dealkylation sites (tertiary alicyclic amines) is 1. The number of hydrogen-bond donors (Lipinski definition) is 1. The number of para-hydroxylation sites is 2. The molecule has 3 atom stereocenters. The monoisotopic (exact) mass is 394 g/mol. The average molecular weight is 394 g/mol. The summed E-state index contributed by atoms with van der Waals surface area (Å²) in [7, 11) is 4.97. The highest BCUT2D eigenvalue weighted by Gasteiger charge is 2.79. The Morgan fingerprint density at radius 3 is 2.66 bits per heavy atom. The third-order valence-electron chi connectivity index (χ3n) is 6.71. The Morgan fingerprint density at radius 2 is 1.90 bits per heavy atom. The van der Waals surface area contributed by atoms with E-state index in [-0.39, 0.29) is 5.91 Å². The Hall–Kier alpha value is -3.06. The van der Waals surface area contributed by atoms with Gasteiger partial charge in [-0.25, -0.2) is 4.79 Å². The summed E-state index contributed by atoms with van der Waals surface area (Å²) in [5.74, 6) is 0.382. The van der Waals surface area contributed by atoms with E-state index in [0.717, 1.165) is 5.56 Å². The van der Waals surface area contributed by atoms with Gasteiger partial charge in [0.15, 0.2) is 17.0 Å². The molecular formula is C22H22N2O5. The standard InChI is InChI=1S/C22H22N2O5/c1-24-12-11-21-18(13-7-6-10-16(27-2)17(13)28-3)29-20(26)22(21,24)14-8-4-5-9-15(14)23-19(21)25/h4-10,18H,11-12H2,1-3H3,(H,23,25)/t18-,21+,22-/m0/s1. The highest BCUT2D eigenvalue weighted by molar-refractivity contribution is 6.09. The number of fused-ring (bicyclic) bond motifs is 1. The van der Waals surface area contributed by atoms with E-state index in [0.29, 0.717) is 35.7 Å². The summed E-state index contributed by atoms with van der Waals surface area (Å²) in [5, 5.41) is 3.03. The smallest absolute Gasteiger partial charge is 0.333 e. The quantitative estimate of drug-likeness (QED) is 0.806. The Balaban J connectivity index is 1.81. The van der Waals surface area contributed by atoms with Crippen molar-refractivity contribution in [2.75, 3.05) is 33.1 Å². The lowest BCUT2D eigenvalue weighted by Crippen LogP contribution is -2.59. The van der Waals surface area contributed by atoms with Crippen LogP contribution in [0.15, 0.2) is 42.5 Å². The van der Waals surface area contributed by atoms with Crippen molar-refractivity contribution in [3.63, 3.8) is 0 Å². The van der Waals surface area contributed by atoms with Crippen LogP contribution in [0.4, 0.5) is 5.69 Å². The molecule has 5 rings (SSSR count). The number of ether oxygens (including phenoxy) is 3. The Morgan fingerprint density at radius 1 is 1.10 bits per heavy atom. The van der Waals surface area contributed by atoms with Gasteiger partial charge in [-0.2, -0.15) is 0 Å². The van der Waals surface area contributed by atoms with Crippen molar-refractivity contribution in [3.05, 3.63) is 53.6 Å². The van der Waals surface area contributed by atoms with Gasteiger partial charge in [0.2, 0.25) is 5.91 Å². The van der Waals surface area contributed by atoms with Crippen molar-refractivity contribution in [1.29, 1.82) is 0 Å². The van der Waals surface area contributed by atoms with Gasteiger partial charge in [-0.3, -0.25) is 9.69 Å². The maximum atomic E-state index is 13.6. The van der Waals surface area contributed by atoms with Gasteiger partial charge in [0.25, 0.3) is 0 Å². The van der Waals surface area contributed by atoms with Crippen LogP contribution in [0.5, 0.6) is 11.5 Å². The van der Waals surface area contributed by atoms with E-state index < -0.39 is 23.0 Å². The van der Waals surface area contributed by atoms with Gasteiger partial charge in [-0.15, -0.1) is 0 Å². The first-order chi connectivity index (χ1) is 14.0. The number of nitrogens with zero attached hydrogens (tertiary/aromatic N) is 1. The zero-order valence-electron chi connectivity index (χ0n) is 16.5. The van der Waals surface area contributed by atoms with Gasteiger partial charge in [0.1, 0.15) is 11.5 Å². The highest BCUT2D eigenvalue weighted by Crippen LogP contribution is 2.68. The van der Waals surface area contributed by atoms with Crippen LogP contribution >= 0.6 is 0 Å². The molecule has 0 bridgehead atoms. The number of carbonyl (C=O) groups is 2. The van der Waals surface area contributed by atoms with Crippen molar-refractivity contribution in [2.45, 2.75) is 18.1 Å². The van der Waals surface area contributed by atoms with E-state index in [2.05, 4.69) is 5.32 Å². The minimum Gasteiger partial charge on any atom is -0.493 e. The zero-order chi connectivity index (χ0) is 20.4. The number of methoxy groups -OCH3 is 2. The van der Waals surface area contributed by atoms with Crippen LogP contribution < -0.4 is 14.8 Å². The number of benzene rings is 2. The molecule has 7 heteroatoms. The molecule has 3 aliphatic heterocycles. The van der Waals surface area contributed by atoms with Crippen LogP contribution in [0, 0.1) is 5.41 Å². The molecule has 0 unspecified atom stereocenters. The molecular weight excluding hydrogens is 372 g/mol. The number of esters is 1. The number of amides is 1. The van der Waals surface area contributed by atoms with E-state index >= 15 is 0 Å². The minimum absolute atomic E-state index is 0.207. The molecule has 29 heavy (non-hydrogen) atoms. The van der Waals surface area contributed by atoms with Crippen LogP contribution in [-0.2, 0) is 19.9 Å². The predicted octanol–water partition coefficient (Wildman–Crippen LogP) is 2.47.